The largest absolute Gasteiger partial charge is 0.393 e. The molecule has 8 aromatic rings. The fourth-order valence-electron chi connectivity index (χ4n) is 7.19. The molecule has 11 heterocycles. The second-order valence-corrected chi connectivity index (χ2v) is 22.3. The third-order valence-electron chi connectivity index (χ3n) is 11.1. The van der Waals surface area contributed by atoms with Gasteiger partial charge in [-0.05, 0) is 93.2 Å². The topological polar surface area (TPSA) is 260 Å². The number of anilines is 3. The third kappa shape index (κ3) is 16.6. The molecule has 0 bridgehead atoms. The van der Waals surface area contributed by atoms with Crippen LogP contribution in [0.25, 0.3) is 22.1 Å². The summed E-state index contributed by atoms with van der Waals surface area (Å²) in [4.78, 5) is 22.6. The lowest BCUT2D eigenvalue weighted by molar-refractivity contribution is 0.137. The Kier molecular flexibility index (Phi) is 22.9. The minimum absolute atomic E-state index is 0.0266. The van der Waals surface area contributed by atoms with Gasteiger partial charge in [0.2, 0.25) is 15.4 Å². The number of halogens is 5. The molecule has 3 fully saturated rings. The predicted octanol–water partition coefficient (Wildman–Crippen LogP) is 8.57. The van der Waals surface area contributed by atoms with Crippen molar-refractivity contribution in [3.05, 3.63) is 70.9 Å². The van der Waals surface area contributed by atoms with E-state index in [9.17, 15) is 13.9 Å². The Balaban J connectivity index is 0.000000151. The maximum Gasteiger partial charge on any atom is 0.208 e. The summed E-state index contributed by atoms with van der Waals surface area (Å²) < 4.78 is 29.8. The van der Waals surface area contributed by atoms with Crippen molar-refractivity contribution < 1.29 is 19.0 Å². The number of aryl methyl sites for hydroxylation is 4. The Morgan fingerprint density at radius 2 is 1.14 bits per heavy atom. The first kappa shape index (κ1) is 57.0. The molecule has 3 aliphatic heterocycles. The van der Waals surface area contributed by atoms with Gasteiger partial charge in [-0.3, -0.25) is 0 Å². The maximum absolute atomic E-state index is 14.2. The van der Waals surface area contributed by atoms with Gasteiger partial charge in [0.15, 0.2) is 15.6 Å². The van der Waals surface area contributed by atoms with Crippen LogP contribution in [0.3, 0.4) is 0 Å². The van der Waals surface area contributed by atoms with E-state index in [4.69, 9.17) is 34.0 Å². The molecule has 0 amide bonds. The SMILES string of the molecule is CCc1nnc(Br)s1.CCc1nnc(N)s1.CCc1nnc(N2CCC(O)CC2)s1.CCc1nnc(N2CCC(n3cc(F)c4c(Cl)ncnc43)CC2)s1.Fc1c[nH]c2ncnc(Cl)c12.OC1CCNCC1. The van der Waals surface area contributed by atoms with Crippen LogP contribution in [0.5, 0.6) is 0 Å². The van der Waals surface area contributed by atoms with Gasteiger partial charge in [-0.15, -0.1) is 40.8 Å². The van der Waals surface area contributed by atoms with Gasteiger partial charge in [-0.25, -0.2) is 28.7 Å². The number of rotatable bonds is 7. The van der Waals surface area contributed by atoms with Crippen molar-refractivity contribution in [3.63, 3.8) is 0 Å². The molecular weight excluding hydrogens is 1120 g/mol. The Morgan fingerprint density at radius 1 is 0.639 bits per heavy atom. The third-order valence-corrected chi connectivity index (χ3v) is 16.3. The highest BCUT2D eigenvalue weighted by Gasteiger charge is 2.26. The number of aromatic nitrogens is 14. The smallest absolute Gasteiger partial charge is 0.208 e. The van der Waals surface area contributed by atoms with Gasteiger partial charge >= 0.3 is 0 Å². The number of nitrogens with two attached hydrogens (primary N) is 1. The Labute approximate surface area is 449 Å². The summed E-state index contributed by atoms with van der Waals surface area (Å²) in [5.41, 5.74) is 6.28. The van der Waals surface area contributed by atoms with Crippen LogP contribution < -0.4 is 20.9 Å². The number of aliphatic hydroxyl groups is 2. The zero-order valence-corrected chi connectivity index (χ0v) is 46.4. The zero-order chi connectivity index (χ0) is 51.6. The molecule has 0 unspecified atom stereocenters. The lowest BCUT2D eigenvalue weighted by Crippen LogP contribution is -2.35. The van der Waals surface area contributed by atoms with Gasteiger partial charge in [-0.1, -0.05) is 96.2 Å². The van der Waals surface area contributed by atoms with Crippen LogP contribution in [0.15, 0.2) is 29.0 Å². The summed E-state index contributed by atoms with van der Waals surface area (Å²) in [6.45, 7) is 13.8. The molecule has 8 aromatic heterocycles. The molecule has 0 radical (unpaired) electrons. The summed E-state index contributed by atoms with van der Waals surface area (Å²) in [6.07, 6.45) is 14.3. The fourth-order valence-corrected chi connectivity index (χ4v) is 11.0. The van der Waals surface area contributed by atoms with E-state index >= 15 is 0 Å². The maximum atomic E-state index is 14.2. The van der Waals surface area contributed by atoms with E-state index in [1.807, 2.05) is 11.5 Å². The fraction of sp³-hybridized carbons (Fsp3) is 0.535. The molecule has 0 spiro atoms. The van der Waals surface area contributed by atoms with Crippen LogP contribution in [0.4, 0.5) is 24.2 Å². The zero-order valence-electron chi connectivity index (χ0n) is 40.1. The normalized spacial score (nSPS) is 15.3. The molecule has 390 valence electrons. The highest BCUT2D eigenvalue weighted by Crippen LogP contribution is 2.33. The van der Waals surface area contributed by atoms with Crippen molar-refractivity contribution in [2.24, 2.45) is 0 Å². The molecule has 0 aromatic carbocycles. The quantitative estimate of drug-likeness (QED) is 0.0936. The summed E-state index contributed by atoms with van der Waals surface area (Å²) in [7, 11) is 0. The van der Waals surface area contributed by atoms with Crippen LogP contribution >= 0.6 is 84.5 Å². The molecule has 3 aliphatic rings. The van der Waals surface area contributed by atoms with E-state index < -0.39 is 5.82 Å². The first-order valence-corrected chi connectivity index (χ1v) is 28.2. The molecule has 29 heteroatoms. The minimum Gasteiger partial charge on any atom is -0.393 e. The molecule has 0 aliphatic carbocycles. The van der Waals surface area contributed by atoms with Gasteiger partial charge in [0.05, 0.1) is 23.0 Å². The van der Waals surface area contributed by atoms with Gasteiger partial charge in [0.25, 0.3) is 0 Å². The monoisotopic (exact) mass is 1170 g/mol. The number of nitrogens with one attached hydrogen (secondary N) is 2. The Hall–Kier alpha value is -4.32. The number of piperidine rings is 3. The number of fused-ring (bicyclic) bond motifs is 2. The van der Waals surface area contributed by atoms with Crippen LogP contribution in [0.1, 0.15) is 92.3 Å². The molecule has 6 N–H and O–H groups in total. The van der Waals surface area contributed by atoms with E-state index in [0.29, 0.717) is 21.8 Å². The molecule has 0 atom stereocenters. The number of aromatic amines is 1. The minimum atomic E-state index is -0.425. The van der Waals surface area contributed by atoms with E-state index in [2.05, 4.69) is 118 Å². The number of nitrogens with zero attached hydrogens (tertiary/aromatic N) is 15. The Morgan fingerprint density at radius 3 is 1.60 bits per heavy atom. The highest BCUT2D eigenvalue weighted by atomic mass is 79.9. The van der Waals surface area contributed by atoms with Crippen molar-refractivity contribution in [2.75, 3.05) is 54.8 Å². The van der Waals surface area contributed by atoms with Crippen LogP contribution in [-0.4, -0.2) is 132 Å². The number of hydrogen-bond acceptors (Lipinski definition) is 22. The van der Waals surface area contributed by atoms with Crippen molar-refractivity contribution in [1.82, 2.24) is 75.6 Å². The second kappa shape index (κ2) is 28.9. The lowest BCUT2D eigenvalue weighted by Gasteiger charge is -2.32. The standard InChI is InChI=1S/C15H16ClFN6S.C9H15N3OS.C6H3ClFN3.C5H11NO.C4H5BrN2S.C4H7N3S/c1-2-11-20-21-15(24-11)22-5-3-9(4-6-22)23-7-10(17)12-13(16)18-8-19-14(12)23;1-2-8-10-11-9(14-8)12-5-3-7(13)4-6-12;7-5-4-3(8)1-9-6(4)11-2-10-5;7-5-1-3-6-4-2-5;2*1-2-3-6-7-4(5)8-3/h7-9H,2-6H2,1H3;7,13H,2-6H2,1H3;1-2H,(H,9,10,11);5-7H,1-4H2;2H2,1H3;2H2,1H3,(H2,5,7). The summed E-state index contributed by atoms with van der Waals surface area (Å²) in [5.74, 6) is -0.791. The van der Waals surface area contributed by atoms with Gasteiger partial charge in [-0.2, -0.15) is 0 Å². The van der Waals surface area contributed by atoms with Gasteiger partial charge < -0.3 is 40.6 Å². The second-order valence-electron chi connectivity index (χ2n) is 16.0. The van der Waals surface area contributed by atoms with Gasteiger partial charge in [0.1, 0.15) is 54.3 Å². The molecule has 72 heavy (non-hydrogen) atoms. The lowest BCUT2D eigenvalue weighted by atomic mass is 10.1. The molecular formula is C43H57BrCl2F2N18O2S4. The van der Waals surface area contributed by atoms with E-state index in [-0.39, 0.29) is 39.8 Å². The van der Waals surface area contributed by atoms with Crippen molar-refractivity contribution in [2.45, 2.75) is 110 Å². The number of aliphatic hydroxyl groups excluding tert-OH is 2. The number of H-pyrrole nitrogens is 1. The van der Waals surface area contributed by atoms with Crippen LogP contribution in [0.2, 0.25) is 10.3 Å². The van der Waals surface area contributed by atoms with Crippen LogP contribution in [-0.2, 0) is 25.7 Å². The highest BCUT2D eigenvalue weighted by molar-refractivity contribution is 9.11. The van der Waals surface area contributed by atoms with E-state index in [1.165, 1.54) is 36.4 Å². The van der Waals surface area contributed by atoms with E-state index in [1.54, 1.807) is 34.0 Å². The summed E-state index contributed by atoms with van der Waals surface area (Å²) in [5, 5.41) is 60.7. The summed E-state index contributed by atoms with van der Waals surface area (Å²) in [6, 6.07) is 0.192. The predicted molar refractivity (Wildman–Crippen MR) is 287 cm³/mol. The van der Waals surface area contributed by atoms with Crippen LogP contribution in [0, 0.1) is 11.6 Å². The molecule has 20 nitrogen and oxygen atoms in total. The summed E-state index contributed by atoms with van der Waals surface area (Å²) >= 11 is 21.1. The number of nitrogen functional groups attached to an aromatic ring is 1. The molecule has 3 saturated heterocycles. The van der Waals surface area contributed by atoms with E-state index in [0.717, 1.165) is 138 Å². The Bertz CT molecular complexity index is 2800. The first-order chi connectivity index (χ1) is 34.8. The van der Waals surface area contributed by atoms with Gasteiger partial charge in [0, 0.05) is 44.6 Å². The number of hydrogen-bond donors (Lipinski definition) is 5. The molecule has 11 rings (SSSR count). The van der Waals surface area contributed by atoms with Crippen molar-refractivity contribution in [3.8, 4) is 0 Å². The first-order valence-electron chi connectivity index (χ1n) is 23.4. The molecule has 0 saturated carbocycles. The van der Waals surface area contributed by atoms with Crippen molar-refractivity contribution >= 4 is 122 Å². The average Bonchev–Trinajstić information content (AvgIpc) is 4.28. The average molecular weight is 1180 g/mol. The van der Waals surface area contributed by atoms with Crippen molar-refractivity contribution in [1.29, 1.82) is 0 Å².